The molecule has 1 N–H and O–H groups in total. The van der Waals surface area contributed by atoms with Crippen molar-refractivity contribution < 1.29 is 13.6 Å². The maximum Gasteiger partial charge on any atom is 0.234 e. The van der Waals surface area contributed by atoms with Crippen molar-refractivity contribution in [2.24, 2.45) is 0 Å². The number of amides is 1. The molecule has 140 valence electrons. The minimum Gasteiger partial charge on any atom is -0.323 e. The summed E-state index contributed by atoms with van der Waals surface area (Å²) < 4.78 is 26.9. The molecule has 1 aliphatic carbocycles. The highest BCUT2D eigenvalue weighted by Gasteiger charge is 2.21. The van der Waals surface area contributed by atoms with Gasteiger partial charge in [0.05, 0.1) is 11.4 Å². The molecular formula is C19H17F2N3OS2. The number of carbonyl (C=O) groups excluding carboxylic acids is 1. The van der Waals surface area contributed by atoms with E-state index in [1.807, 2.05) is 6.92 Å². The molecule has 4 nitrogen and oxygen atoms in total. The van der Waals surface area contributed by atoms with Gasteiger partial charge in [-0.2, -0.15) is 0 Å². The number of aryl methyl sites for hydroxylation is 3. The number of rotatable bonds is 4. The van der Waals surface area contributed by atoms with Gasteiger partial charge in [0, 0.05) is 16.3 Å². The van der Waals surface area contributed by atoms with Crippen molar-refractivity contribution in [1.82, 2.24) is 9.97 Å². The standard InChI is InChI=1S/C19H17F2N3OS2/c1-10-22-18(17-12-4-2-3-5-15(12)27-19(17)23-10)26-9-16(25)24-14-8-11(20)6-7-13(14)21/h6-8H,2-5,9H2,1H3,(H,24,25). The second kappa shape index (κ2) is 7.52. The van der Waals surface area contributed by atoms with Gasteiger partial charge in [-0.15, -0.1) is 11.3 Å². The van der Waals surface area contributed by atoms with E-state index in [0.717, 1.165) is 52.7 Å². The number of nitrogens with one attached hydrogen (secondary N) is 1. The number of nitrogens with zero attached hydrogens (tertiary/aromatic N) is 2. The van der Waals surface area contributed by atoms with Gasteiger partial charge in [0.1, 0.15) is 27.3 Å². The fourth-order valence-electron chi connectivity index (χ4n) is 3.24. The van der Waals surface area contributed by atoms with Gasteiger partial charge in [-0.05, 0) is 50.3 Å². The van der Waals surface area contributed by atoms with E-state index in [1.165, 1.54) is 28.6 Å². The third kappa shape index (κ3) is 3.82. The molecule has 0 saturated carbocycles. The third-order valence-corrected chi connectivity index (χ3v) is 6.60. The van der Waals surface area contributed by atoms with Crippen molar-refractivity contribution in [3.8, 4) is 0 Å². The van der Waals surface area contributed by atoms with E-state index < -0.39 is 17.5 Å². The van der Waals surface area contributed by atoms with Gasteiger partial charge in [-0.3, -0.25) is 4.79 Å². The van der Waals surface area contributed by atoms with E-state index >= 15 is 0 Å². The van der Waals surface area contributed by atoms with Crippen LogP contribution in [0.3, 0.4) is 0 Å². The van der Waals surface area contributed by atoms with Crippen LogP contribution in [0.1, 0.15) is 29.1 Å². The van der Waals surface area contributed by atoms with Crippen LogP contribution in [-0.2, 0) is 17.6 Å². The maximum absolute atomic E-state index is 13.7. The molecule has 0 saturated heterocycles. The summed E-state index contributed by atoms with van der Waals surface area (Å²) in [7, 11) is 0. The molecule has 1 aliphatic rings. The van der Waals surface area contributed by atoms with E-state index in [0.29, 0.717) is 5.82 Å². The number of anilines is 1. The zero-order valence-electron chi connectivity index (χ0n) is 14.6. The predicted octanol–water partition coefficient (Wildman–Crippen LogP) is 4.89. The Kier molecular flexibility index (Phi) is 5.10. The molecule has 1 amide bonds. The lowest BCUT2D eigenvalue weighted by molar-refractivity contribution is -0.113. The van der Waals surface area contributed by atoms with Gasteiger partial charge < -0.3 is 5.32 Å². The van der Waals surface area contributed by atoms with Gasteiger partial charge >= 0.3 is 0 Å². The zero-order valence-corrected chi connectivity index (χ0v) is 16.3. The number of halogens is 2. The Labute approximate surface area is 163 Å². The summed E-state index contributed by atoms with van der Waals surface area (Å²) in [6.45, 7) is 1.84. The van der Waals surface area contributed by atoms with E-state index in [-0.39, 0.29) is 11.4 Å². The molecule has 0 bridgehead atoms. The molecule has 4 rings (SSSR count). The zero-order chi connectivity index (χ0) is 19.0. The van der Waals surface area contributed by atoms with Gasteiger partial charge in [0.2, 0.25) is 5.91 Å². The van der Waals surface area contributed by atoms with Gasteiger partial charge in [-0.25, -0.2) is 18.7 Å². The number of benzene rings is 1. The average molecular weight is 405 g/mol. The first-order chi connectivity index (χ1) is 13.0. The Morgan fingerprint density at radius 1 is 1.26 bits per heavy atom. The lowest BCUT2D eigenvalue weighted by Gasteiger charge is -2.12. The van der Waals surface area contributed by atoms with Crippen molar-refractivity contribution in [1.29, 1.82) is 0 Å². The quantitative estimate of drug-likeness (QED) is 0.496. The van der Waals surface area contributed by atoms with Crippen LogP contribution in [0.25, 0.3) is 10.2 Å². The molecular weight excluding hydrogens is 388 g/mol. The number of carbonyl (C=O) groups is 1. The topological polar surface area (TPSA) is 54.9 Å². The maximum atomic E-state index is 13.7. The average Bonchev–Trinajstić information content (AvgIpc) is 3.01. The Morgan fingerprint density at radius 3 is 2.93 bits per heavy atom. The van der Waals surface area contributed by atoms with Crippen molar-refractivity contribution in [3.05, 3.63) is 46.1 Å². The molecule has 0 unspecified atom stereocenters. The summed E-state index contributed by atoms with van der Waals surface area (Å²) in [5.74, 6) is -0.941. The molecule has 0 spiro atoms. The lowest BCUT2D eigenvalue weighted by Crippen LogP contribution is -2.15. The van der Waals surface area contributed by atoms with E-state index in [2.05, 4.69) is 15.3 Å². The van der Waals surface area contributed by atoms with Crippen LogP contribution in [0.15, 0.2) is 23.2 Å². The van der Waals surface area contributed by atoms with Gasteiger partial charge in [0.15, 0.2) is 0 Å². The number of hydrogen-bond acceptors (Lipinski definition) is 5. The first kappa shape index (κ1) is 18.3. The molecule has 2 heterocycles. The van der Waals surface area contributed by atoms with Crippen LogP contribution in [0.2, 0.25) is 0 Å². The molecule has 8 heteroatoms. The Morgan fingerprint density at radius 2 is 2.07 bits per heavy atom. The largest absolute Gasteiger partial charge is 0.323 e. The van der Waals surface area contributed by atoms with Crippen LogP contribution < -0.4 is 5.32 Å². The van der Waals surface area contributed by atoms with Crippen LogP contribution >= 0.6 is 23.1 Å². The fourth-order valence-corrected chi connectivity index (χ4v) is 5.52. The Hall–Kier alpha value is -2.06. The molecule has 27 heavy (non-hydrogen) atoms. The molecule has 1 aromatic carbocycles. The van der Waals surface area contributed by atoms with Crippen molar-refractivity contribution >= 4 is 44.9 Å². The summed E-state index contributed by atoms with van der Waals surface area (Å²) >= 11 is 3.02. The van der Waals surface area contributed by atoms with Crippen LogP contribution in [-0.4, -0.2) is 21.6 Å². The summed E-state index contributed by atoms with van der Waals surface area (Å²) in [5.41, 5.74) is 1.15. The number of fused-ring (bicyclic) bond motifs is 3. The third-order valence-electron chi connectivity index (χ3n) is 4.44. The van der Waals surface area contributed by atoms with Crippen LogP contribution in [0, 0.1) is 18.6 Å². The second-order valence-corrected chi connectivity index (χ2v) is 8.48. The first-order valence-electron chi connectivity index (χ1n) is 8.68. The highest BCUT2D eigenvalue weighted by Crippen LogP contribution is 2.39. The minimum atomic E-state index is -0.665. The molecule has 2 aromatic heterocycles. The summed E-state index contributed by atoms with van der Waals surface area (Å²) in [4.78, 5) is 23.7. The Balaban J connectivity index is 1.55. The molecule has 0 fully saturated rings. The van der Waals surface area contributed by atoms with Gasteiger partial charge in [0.25, 0.3) is 0 Å². The number of hydrogen-bond donors (Lipinski definition) is 1. The van der Waals surface area contributed by atoms with Crippen molar-refractivity contribution in [3.63, 3.8) is 0 Å². The van der Waals surface area contributed by atoms with Crippen LogP contribution in [0.4, 0.5) is 14.5 Å². The molecule has 3 aromatic rings. The van der Waals surface area contributed by atoms with E-state index in [4.69, 9.17) is 0 Å². The Bertz CT molecular complexity index is 1040. The van der Waals surface area contributed by atoms with Crippen LogP contribution in [0.5, 0.6) is 0 Å². The summed E-state index contributed by atoms with van der Waals surface area (Å²) in [6.07, 6.45) is 4.42. The first-order valence-corrected chi connectivity index (χ1v) is 10.5. The molecule has 0 radical (unpaired) electrons. The second-order valence-electron chi connectivity index (χ2n) is 6.43. The highest BCUT2D eigenvalue weighted by molar-refractivity contribution is 8.00. The number of thiophene rings is 1. The summed E-state index contributed by atoms with van der Waals surface area (Å²) in [5, 5.41) is 4.26. The molecule has 0 atom stereocenters. The lowest BCUT2D eigenvalue weighted by atomic mass is 9.97. The minimum absolute atomic E-state index is 0.0616. The van der Waals surface area contributed by atoms with Crippen molar-refractivity contribution in [2.75, 3.05) is 11.1 Å². The van der Waals surface area contributed by atoms with E-state index in [1.54, 1.807) is 11.3 Å². The normalized spacial score (nSPS) is 13.6. The fraction of sp³-hybridized carbons (Fsp3) is 0.316. The predicted molar refractivity (Wildman–Crippen MR) is 105 cm³/mol. The van der Waals surface area contributed by atoms with E-state index in [9.17, 15) is 13.6 Å². The molecule has 0 aliphatic heterocycles. The highest BCUT2D eigenvalue weighted by atomic mass is 32.2. The summed E-state index contributed by atoms with van der Waals surface area (Å²) in [6, 6.07) is 2.98. The van der Waals surface area contributed by atoms with Gasteiger partial charge in [-0.1, -0.05) is 11.8 Å². The SMILES string of the molecule is Cc1nc(SCC(=O)Nc2cc(F)ccc2F)c2c3c(sc2n1)CCCC3. The monoisotopic (exact) mass is 405 g/mol. The number of aromatic nitrogens is 2. The number of thioether (sulfide) groups is 1. The smallest absolute Gasteiger partial charge is 0.234 e. The van der Waals surface area contributed by atoms with Crippen molar-refractivity contribution in [2.45, 2.75) is 37.6 Å².